The molecule has 0 aliphatic carbocycles. The minimum atomic E-state index is 0.298. The van der Waals surface area contributed by atoms with E-state index in [2.05, 4.69) is 29.1 Å². The van der Waals surface area contributed by atoms with Crippen LogP contribution in [-0.2, 0) is 17.8 Å². The van der Waals surface area contributed by atoms with Crippen molar-refractivity contribution in [1.82, 2.24) is 19.9 Å². The highest BCUT2D eigenvalue weighted by atomic mass is 16.5. The zero-order valence-electron chi connectivity index (χ0n) is 11.2. The molecule has 2 atom stereocenters. The predicted molar refractivity (Wildman–Crippen MR) is 69.0 cm³/mol. The Kier molecular flexibility index (Phi) is 4.68. The largest absolute Gasteiger partial charge is 0.376 e. The molecule has 2 heterocycles. The van der Waals surface area contributed by atoms with Crippen molar-refractivity contribution < 1.29 is 4.74 Å². The van der Waals surface area contributed by atoms with Crippen molar-refractivity contribution in [2.75, 3.05) is 19.7 Å². The molecule has 2 unspecified atom stereocenters. The standard InChI is InChI=1S/C12H23N5O/c1-3-12-9-18-10(2)6-16(12)7-11-8-17(5-4-13)15-14-11/h8,10,12H,3-7,9,13H2,1-2H3. The van der Waals surface area contributed by atoms with Crippen LogP contribution in [0, 0.1) is 0 Å². The maximum atomic E-state index is 5.69. The van der Waals surface area contributed by atoms with Crippen molar-refractivity contribution in [1.29, 1.82) is 0 Å². The number of morpholine rings is 1. The summed E-state index contributed by atoms with van der Waals surface area (Å²) in [7, 11) is 0. The summed E-state index contributed by atoms with van der Waals surface area (Å²) in [5.41, 5.74) is 6.51. The Morgan fingerprint density at radius 3 is 3.11 bits per heavy atom. The molecule has 102 valence electrons. The average Bonchev–Trinajstić information content (AvgIpc) is 2.77. The summed E-state index contributed by atoms with van der Waals surface area (Å²) in [4.78, 5) is 2.44. The normalized spacial score (nSPS) is 25.5. The summed E-state index contributed by atoms with van der Waals surface area (Å²) in [5.74, 6) is 0. The zero-order chi connectivity index (χ0) is 13.0. The summed E-state index contributed by atoms with van der Waals surface area (Å²) in [5, 5.41) is 8.27. The molecule has 0 saturated carbocycles. The molecule has 6 nitrogen and oxygen atoms in total. The molecule has 0 aromatic carbocycles. The molecule has 6 heteroatoms. The molecule has 1 aliphatic heterocycles. The van der Waals surface area contributed by atoms with Crippen LogP contribution in [0.2, 0.25) is 0 Å². The van der Waals surface area contributed by atoms with Crippen LogP contribution >= 0.6 is 0 Å². The van der Waals surface area contributed by atoms with Crippen molar-refractivity contribution in [3.8, 4) is 0 Å². The van der Waals surface area contributed by atoms with Crippen molar-refractivity contribution in [3.63, 3.8) is 0 Å². The van der Waals surface area contributed by atoms with Gasteiger partial charge in [0, 0.05) is 31.9 Å². The van der Waals surface area contributed by atoms with Crippen LogP contribution in [0.25, 0.3) is 0 Å². The van der Waals surface area contributed by atoms with Crippen LogP contribution in [0.5, 0.6) is 0 Å². The number of nitrogens with zero attached hydrogens (tertiary/aromatic N) is 4. The third-order valence-corrected chi connectivity index (χ3v) is 3.36. The van der Waals surface area contributed by atoms with E-state index in [0.717, 1.165) is 38.4 Å². The molecule has 2 N–H and O–H groups in total. The van der Waals surface area contributed by atoms with Crippen LogP contribution in [0.1, 0.15) is 26.0 Å². The lowest BCUT2D eigenvalue weighted by Crippen LogP contribution is -2.47. The third kappa shape index (κ3) is 3.28. The molecule has 1 fully saturated rings. The maximum Gasteiger partial charge on any atom is 0.0967 e. The van der Waals surface area contributed by atoms with E-state index in [-0.39, 0.29) is 0 Å². The van der Waals surface area contributed by atoms with Gasteiger partial charge in [0.1, 0.15) is 0 Å². The zero-order valence-corrected chi connectivity index (χ0v) is 11.2. The lowest BCUT2D eigenvalue weighted by Gasteiger charge is -2.37. The third-order valence-electron chi connectivity index (χ3n) is 3.36. The molecule has 0 bridgehead atoms. The summed E-state index contributed by atoms with van der Waals surface area (Å²) >= 11 is 0. The van der Waals surface area contributed by atoms with Gasteiger partial charge >= 0.3 is 0 Å². The van der Waals surface area contributed by atoms with Crippen molar-refractivity contribution >= 4 is 0 Å². The van der Waals surface area contributed by atoms with Crippen LogP contribution in [-0.4, -0.2) is 51.7 Å². The van der Waals surface area contributed by atoms with E-state index >= 15 is 0 Å². The van der Waals surface area contributed by atoms with Crippen LogP contribution in [0.4, 0.5) is 0 Å². The Bertz CT molecular complexity index is 367. The Morgan fingerprint density at radius 1 is 1.56 bits per heavy atom. The molecule has 1 aliphatic rings. The molecular formula is C12H23N5O. The van der Waals surface area contributed by atoms with Gasteiger partial charge in [-0.3, -0.25) is 9.58 Å². The SMILES string of the molecule is CCC1COC(C)CN1Cc1cn(CCN)nn1. The van der Waals surface area contributed by atoms with Gasteiger partial charge < -0.3 is 10.5 Å². The fourth-order valence-corrected chi connectivity index (χ4v) is 2.34. The highest BCUT2D eigenvalue weighted by Crippen LogP contribution is 2.16. The number of aromatic nitrogens is 3. The second-order valence-electron chi connectivity index (χ2n) is 4.90. The maximum absolute atomic E-state index is 5.69. The minimum Gasteiger partial charge on any atom is -0.376 e. The van der Waals surface area contributed by atoms with Gasteiger partial charge in [0.15, 0.2) is 0 Å². The summed E-state index contributed by atoms with van der Waals surface area (Å²) in [6.45, 7) is 8.25. The second kappa shape index (κ2) is 6.26. The van der Waals surface area contributed by atoms with Gasteiger partial charge in [0.2, 0.25) is 0 Å². The Hall–Kier alpha value is -0.980. The molecule has 1 saturated heterocycles. The number of nitrogens with two attached hydrogens (primary N) is 1. The monoisotopic (exact) mass is 253 g/mol. The van der Waals surface area contributed by atoms with Gasteiger partial charge in [0.25, 0.3) is 0 Å². The van der Waals surface area contributed by atoms with E-state index in [0.29, 0.717) is 18.7 Å². The number of rotatable bonds is 5. The van der Waals surface area contributed by atoms with Gasteiger partial charge in [-0.05, 0) is 13.3 Å². The number of hydrogen-bond donors (Lipinski definition) is 1. The molecule has 18 heavy (non-hydrogen) atoms. The van der Waals surface area contributed by atoms with E-state index in [1.54, 1.807) is 4.68 Å². The molecule has 1 aromatic heterocycles. The minimum absolute atomic E-state index is 0.298. The smallest absolute Gasteiger partial charge is 0.0967 e. The first-order valence-electron chi connectivity index (χ1n) is 6.67. The van der Waals surface area contributed by atoms with Gasteiger partial charge in [-0.2, -0.15) is 0 Å². The Morgan fingerprint density at radius 2 is 2.39 bits per heavy atom. The molecule has 0 radical (unpaired) electrons. The van der Waals surface area contributed by atoms with E-state index in [1.165, 1.54) is 0 Å². The highest BCUT2D eigenvalue weighted by molar-refractivity contribution is 4.94. The van der Waals surface area contributed by atoms with E-state index in [1.807, 2.05) is 6.20 Å². The van der Waals surface area contributed by atoms with Crippen LogP contribution in [0.15, 0.2) is 6.20 Å². The number of hydrogen-bond acceptors (Lipinski definition) is 5. The van der Waals surface area contributed by atoms with E-state index < -0.39 is 0 Å². The van der Waals surface area contributed by atoms with Crippen molar-refractivity contribution in [2.45, 2.75) is 45.5 Å². The van der Waals surface area contributed by atoms with Gasteiger partial charge in [-0.1, -0.05) is 12.1 Å². The van der Waals surface area contributed by atoms with Crippen molar-refractivity contribution in [2.24, 2.45) is 5.73 Å². The molecule has 0 spiro atoms. The van der Waals surface area contributed by atoms with E-state index in [9.17, 15) is 0 Å². The van der Waals surface area contributed by atoms with Crippen molar-refractivity contribution in [3.05, 3.63) is 11.9 Å². The van der Waals surface area contributed by atoms with Gasteiger partial charge in [-0.15, -0.1) is 5.10 Å². The summed E-state index contributed by atoms with van der Waals surface area (Å²) < 4.78 is 7.50. The Labute approximate surface area is 108 Å². The van der Waals surface area contributed by atoms with Crippen LogP contribution in [0.3, 0.4) is 0 Å². The first kappa shape index (κ1) is 13.5. The number of ether oxygens (including phenoxy) is 1. The fourth-order valence-electron chi connectivity index (χ4n) is 2.34. The highest BCUT2D eigenvalue weighted by Gasteiger charge is 2.26. The second-order valence-corrected chi connectivity index (χ2v) is 4.90. The summed E-state index contributed by atoms with van der Waals surface area (Å²) in [6.07, 6.45) is 3.38. The molecule has 1 aromatic rings. The average molecular weight is 253 g/mol. The fraction of sp³-hybridized carbons (Fsp3) is 0.833. The summed E-state index contributed by atoms with van der Waals surface area (Å²) in [6, 6.07) is 0.487. The molecule has 2 rings (SSSR count). The van der Waals surface area contributed by atoms with Gasteiger partial charge in [0.05, 0.1) is 24.9 Å². The molecular weight excluding hydrogens is 230 g/mol. The topological polar surface area (TPSA) is 69.2 Å². The van der Waals surface area contributed by atoms with E-state index in [4.69, 9.17) is 10.5 Å². The van der Waals surface area contributed by atoms with Crippen LogP contribution < -0.4 is 5.73 Å². The lowest BCUT2D eigenvalue weighted by molar-refractivity contribution is -0.0596. The lowest BCUT2D eigenvalue weighted by atomic mass is 10.1. The molecule has 0 amide bonds. The van der Waals surface area contributed by atoms with Gasteiger partial charge in [-0.25, -0.2) is 0 Å². The first-order valence-corrected chi connectivity index (χ1v) is 6.67. The first-order chi connectivity index (χ1) is 8.72. The Balaban J connectivity index is 1.96. The predicted octanol–water partition coefficient (Wildman–Crippen LogP) is 0.236. The quantitative estimate of drug-likeness (QED) is 0.814.